The number of nitrogens with zero attached hydrogens (tertiary/aromatic N) is 1. The zero-order valence-electron chi connectivity index (χ0n) is 8.38. The van der Waals surface area contributed by atoms with Crippen LogP contribution < -0.4 is 5.73 Å². The number of nitrogen functional groups attached to an aromatic ring is 1. The van der Waals surface area contributed by atoms with Crippen LogP contribution in [0.2, 0.25) is 0 Å². The van der Waals surface area contributed by atoms with Gasteiger partial charge < -0.3 is 10.8 Å². The third kappa shape index (κ3) is 5.37. The van der Waals surface area contributed by atoms with E-state index in [9.17, 15) is 26.3 Å². The van der Waals surface area contributed by atoms with Crippen molar-refractivity contribution in [2.45, 2.75) is 12.4 Å². The van der Waals surface area contributed by atoms with Crippen LogP contribution in [0.3, 0.4) is 0 Å². The highest BCUT2D eigenvalue weighted by atomic mass is 19.4. The van der Waals surface area contributed by atoms with Gasteiger partial charge in [-0.15, -0.1) is 0 Å². The Labute approximate surface area is 96.0 Å². The highest BCUT2D eigenvalue weighted by molar-refractivity contribution is 5.73. The standard InChI is InChI=1S/C6H5F3N2.C2HF3O2/c7-6(8,9)4-2-1-3-11-5(4)10;3-2(4,5)1(6)7/h1-3H,(H2,10,11);(H,6,7). The number of nitrogens with two attached hydrogens (primary N) is 1. The Morgan fingerprint density at radius 3 is 1.89 bits per heavy atom. The van der Waals surface area contributed by atoms with E-state index < -0.39 is 29.7 Å². The second-order valence-corrected chi connectivity index (χ2v) is 2.74. The smallest absolute Gasteiger partial charge is 0.475 e. The fraction of sp³-hybridized carbons (Fsp3) is 0.250. The van der Waals surface area contributed by atoms with Crippen molar-refractivity contribution in [3.05, 3.63) is 23.9 Å². The number of carboxylic acids is 1. The van der Waals surface area contributed by atoms with Crippen LogP contribution in [0.5, 0.6) is 0 Å². The van der Waals surface area contributed by atoms with Crippen LogP contribution in [-0.4, -0.2) is 22.2 Å². The lowest BCUT2D eigenvalue weighted by Crippen LogP contribution is -2.21. The number of halogens is 6. The maximum Gasteiger partial charge on any atom is 0.490 e. The van der Waals surface area contributed by atoms with Gasteiger partial charge in [0.25, 0.3) is 0 Å². The van der Waals surface area contributed by atoms with Crippen molar-refractivity contribution in [3.8, 4) is 0 Å². The number of aliphatic carboxylic acids is 1. The van der Waals surface area contributed by atoms with E-state index >= 15 is 0 Å². The van der Waals surface area contributed by atoms with Crippen LogP contribution in [-0.2, 0) is 11.0 Å². The zero-order chi connectivity index (χ0) is 14.6. The average Bonchev–Trinajstić information content (AvgIpc) is 2.15. The third-order valence-electron chi connectivity index (χ3n) is 1.39. The highest BCUT2D eigenvalue weighted by Gasteiger charge is 2.38. The van der Waals surface area contributed by atoms with Crippen LogP contribution >= 0.6 is 0 Å². The molecule has 0 spiro atoms. The minimum atomic E-state index is -5.08. The van der Waals surface area contributed by atoms with Gasteiger partial charge in [-0.05, 0) is 12.1 Å². The van der Waals surface area contributed by atoms with Crippen molar-refractivity contribution >= 4 is 11.8 Å². The normalized spacial score (nSPS) is 11.4. The largest absolute Gasteiger partial charge is 0.490 e. The van der Waals surface area contributed by atoms with Gasteiger partial charge in [-0.3, -0.25) is 0 Å². The number of pyridine rings is 1. The van der Waals surface area contributed by atoms with Gasteiger partial charge in [0.2, 0.25) is 0 Å². The quantitative estimate of drug-likeness (QED) is 0.713. The number of anilines is 1. The molecule has 0 aliphatic heterocycles. The van der Waals surface area contributed by atoms with Crippen molar-refractivity contribution in [3.63, 3.8) is 0 Å². The van der Waals surface area contributed by atoms with E-state index in [1.807, 2.05) is 0 Å². The Bertz CT molecular complexity index is 415. The second kappa shape index (κ2) is 5.56. The molecule has 4 nitrogen and oxygen atoms in total. The summed E-state index contributed by atoms with van der Waals surface area (Å²) in [6.07, 6.45) is -8.27. The lowest BCUT2D eigenvalue weighted by atomic mass is 10.2. The molecule has 18 heavy (non-hydrogen) atoms. The molecule has 102 valence electrons. The summed E-state index contributed by atoms with van der Waals surface area (Å²) in [7, 11) is 0. The summed E-state index contributed by atoms with van der Waals surface area (Å²) in [5, 5.41) is 7.12. The summed E-state index contributed by atoms with van der Waals surface area (Å²) in [6.45, 7) is 0. The van der Waals surface area contributed by atoms with Gasteiger partial charge in [0.1, 0.15) is 5.82 Å². The van der Waals surface area contributed by atoms with Crippen LogP contribution in [0, 0.1) is 0 Å². The first kappa shape index (κ1) is 16.0. The summed E-state index contributed by atoms with van der Waals surface area (Å²) in [5.74, 6) is -3.24. The molecular formula is C8H6F6N2O2. The lowest BCUT2D eigenvalue weighted by molar-refractivity contribution is -0.192. The maximum atomic E-state index is 11.9. The van der Waals surface area contributed by atoms with E-state index in [0.717, 1.165) is 6.07 Å². The van der Waals surface area contributed by atoms with Gasteiger partial charge in [-0.1, -0.05) is 0 Å². The molecule has 1 heterocycles. The number of rotatable bonds is 0. The molecule has 0 atom stereocenters. The molecule has 3 N–H and O–H groups in total. The number of hydrogen-bond acceptors (Lipinski definition) is 3. The van der Waals surface area contributed by atoms with Gasteiger partial charge in [0.05, 0.1) is 5.56 Å². The molecule has 1 rings (SSSR count). The first-order valence-electron chi connectivity index (χ1n) is 4.04. The number of carbonyl (C=O) groups is 1. The summed E-state index contributed by atoms with van der Waals surface area (Å²) in [4.78, 5) is 12.2. The molecule has 0 bridgehead atoms. The molecule has 0 radical (unpaired) electrons. The first-order valence-corrected chi connectivity index (χ1v) is 4.04. The van der Waals surface area contributed by atoms with E-state index in [1.54, 1.807) is 0 Å². The Morgan fingerprint density at radius 1 is 1.22 bits per heavy atom. The van der Waals surface area contributed by atoms with E-state index in [4.69, 9.17) is 15.6 Å². The van der Waals surface area contributed by atoms with Crippen LogP contribution in [0.15, 0.2) is 18.3 Å². The zero-order valence-corrected chi connectivity index (χ0v) is 8.38. The van der Waals surface area contributed by atoms with E-state index in [2.05, 4.69) is 4.98 Å². The van der Waals surface area contributed by atoms with Crippen LogP contribution in [0.25, 0.3) is 0 Å². The molecule has 0 fully saturated rings. The predicted molar refractivity (Wildman–Crippen MR) is 47.3 cm³/mol. The molecule has 1 aromatic rings. The summed E-state index contributed by atoms with van der Waals surface area (Å²) in [5.41, 5.74) is 4.09. The SMILES string of the molecule is Nc1ncccc1C(F)(F)F.O=C(O)C(F)(F)F. The van der Waals surface area contributed by atoms with Crippen molar-refractivity contribution in [2.24, 2.45) is 0 Å². The minimum Gasteiger partial charge on any atom is -0.475 e. The van der Waals surface area contributed by atoms with Gasteiger partial charge in [0, 0.05) is 6.20 Å². The van der Waals surface area contributed by atoms with Crippen LogP contribution in [0.1, 0.15) is 5.56 Å². The molecule has 0 aliphatic carbocycles. The van der Waals surface area contributed by atoms with Crippen molar-refractivity contribution in [1.82, 2.24) is 4.98 Å². The highest BCUT2D eigenvalue weighted by Crippen LogP contribution is 2.31. The first-order chi connectivity index (χ1) is 7.96. The van der Waals surface area contributed by atoms with E-state index in [-0.39, 0.29) is 0 Å². The van der Waals surface area contributed by atoms with Gasteiger partial charge >= 0.3 is 18.3 Å². The lowest BCUT2D eigenvalue weighted by Gasteiger charge is -2.06. The molecular weight excluding hydrogens is 270 g/mol. The summed E-state index contributed by atoms with van der Waals surface area (Å²) >= 11 is 0. The average molecular weight is 276 g/mol. The van der Waals surface area contributed by atoms with Crippen LogP contribution in [0.4, 0.5) is 32.2 Å². The minimum absolute atomic E-state index is 0.486. The van der Waals surface area contributed by atoms with Crippen molar-refractivity contribution < 1.29 is 36.2 Å². The summed E-state index contributed by atoms with van der Waals surface area (Å²) < 4.78 is 67.5. The molecule has 0 aromatic carbocycles. The second-order valence-electron chi connectivity index (χ2n) is 2.74. The Hall–Kier alpha value is -2.00. The molecule has 1 aromatic heterocycles. The topological polar surface area (TPSA) is 76.2 Å². The number of hydrogen-bond donors (Lipinski definition) is 2. The third-order valence-corrected chi connectivity index (χ3v) is 1.39. The Balaban J connectivity index is 0.000000360. The molecule has 0 saturated heterocycles. The number of alkyl halides is 6. The van der Waals surface area contributed by atoms with Gasteiger partial charge in [-0.2, -0.15) is 26.3 Å². The number of aromatic nitrogens is 1. The number of carboxylic acid groups (broad SMARTS) is 1. The monoisotopic (exact) mass is 276 g/mol. The predicted octanol–water partition coefficient (Wildman–Crippen LogP) is 2.32. The van der Waals surface area contributed by atoms with E-state index in [1.165, 1.54) is 12.3 Å². The van der Waals surface area contributed by atoms with Gasteiger partial charge in [0.15, 0.2) is 0 Å². The van der Waals surface area contributed by atoms with Crippen molar-refractivity contribution in [1.29, 1.82) is 0 Å². The fourth-order valence-electron chi connectivity index (χ4n) is 0.657. The molecule has 0 unspecified atom stereocenters. The molecule has 0 aliphatic rings. The Kier molecular flexibility index (Phi) is 4.94. The van der Waals surface area contributed by atoms with Crippen molar-refractivity contribution in [2.75, 3.05) is 5.73 Å². The maximum absolute atomic E-state index is 11.9. The molecule has 10 heteroatoms. The molecule has 0 amide bonds. The molecule has 0 saturated carbocycles. The Morgan fingerprint density at radius 2 is 1.67 bits per heavy atom. The van der Waals surface area contributed by atoms with E-state index in [0.29, 0.717) is 0 Å². The summed E-state index contributed by atoms with van der Waals surface area (Å²) in [6, 6.07) is 2.08. The van der Waals surface area contributed by atoms with Gasteiger partial charge in [-0.25, -0.2) is 9.78 Å². The fourth-order valence-corrected chi connectivity index (χ4v) is 0.657.